The number of aromatic hydroxyl groups is 1. The minimum atomic E-state index is -0.545. The first kappa shape index (κ1) is 23.5. The second-order valence-corrected chi connectivity index (χ2v) is 11.6. The minimum Gasteiger partial charge on any atom is -0.507 e. The van der Waals surface area contributed by atoms with E-state index >= 15 is 0 Å². The SMILES string of the molecule is CSc1ncc(F)c(-c2ccc(-c3ncc(N(C4CC4)[C@H]4C[C@]5(C)CC[C@](C)(C4)N5)nn3)c(O)c2)n1. The minimum absolute atomic E-state index is 0.0550. The van der Waals surface area contributed by atoms with Crippen LogP contribution >= 0.6 is 11.8 Å². The molecule has 188 valence electrons. The van der Waals surface area contributed by atoms with Gasteiger partial charge in [0.1, 0.15) is 11.4 Å². The standard InChI is InChI=1S/C26H30FN7OS/c1-25-8-9-26(2,33-25)12-17(11-25)34(16-5-6-16)21-14-28-23(32-31-21)18-7-4-15(10-20(18)35)22-19(27)13-29-24(30-22)36-3/h4,7,10,13-14,16-17,33,35H,5-6,8-9,11-12H2,1-3H3/t17-,25-,26+. The fourth-order valence-electron chi connectivity index (χ4n) is 6.08. The summed E-state index contributed by atoms with van der Waals surface area (Å²) in [5, 5.41) is 24.0. The van der Waals surface area contributed by atoms with Crippen LogP contribution in [-0.2, 0) is 0 Å². The molecule has 1 aromatic carbocycles. The number of halogens is 1. The summed E-state index contributed by atoms with van der Waals surface area (Å²) in [4.78, 5) is 15.2. The maximum Gasteiger partial charge on any atom is 0.187 e. The Labute approximate surface area is 214 Å². The number of fused-ring (bicyclic) bond motifs is 2. The van der Waals surface area contributed by atoms with Crippen LogP contribution in [0.15, 0.2) is 35.7 Å². The highest BCUT2D eigenvalue weighted by molar-refractivity contribution is 7.98. The number of thioether (sulfide) groups is 1. The molecule has 8 nitrogen and oxygen atoms in total. The number of hydrogen-bond acceptors (Lipinski definition) is 9. The molecule has 3 atom stereocenters. The average Bonchev–Trinajstić information content (AvgIpc) is 3.65. The van der Waals surface area contributed by atoms with Crippen molar-refractivity contribution in [2.24, 2.45) is 0 Å². The Hall–Kier alpha value is -2.85. The quantitative estimate of drug-likeness (QED) is 0.366. The molecule has 36 heavy (non-hydrogen) atoms. The normalized spacial score (nSPS) is 27.3. The average molecular weight is 508 g/mol. The molecule has 3 aromatic rings. The van der Waals surface area contributed by atoms with Gasteiger partial charge in [-0.15, -0.1) is 10.2 Å². The van der Waals surface area contributed by atoms with Gasteiger partial charge in [-0.2, -0.15) is 0 Å². The van der Waals surface area contributed by atoms with Gasteiger partial charge in [-0.25, -0.2) is 19.3 Å². The van der Waals surface area contributed by atoms with Gasteiger partial charge in [0.25, 0.3) is 0 Å². The van der Waals surface area contributed by atoms with Crippen LogP contribution in [-0.4, -0.2) is 59.7 Å². The topological polar surface area (TPSA) is 100.0 Å². The van der Waals surface area contributed by atoms with Crippen molar-refractivity contribution in [1.29, 1.82) is 0 Å². The predicted molar refractivity (Wildman–Crippen MR) is 137 cm³/mol. The molecule has 2 aliphatic heterocycles. The van der Waals surface area contributed by atoms with E-state index in [4.69, 9.17) is 0 Å². The summed E-state index contributed by atoms with van der Waals surface area (Å²) in [6.45, 7) is 4.67. The summed E-state index contributed by atoms with van der Waals surface area (Å²) in [5.41, 5.74) is 1.37. The molecule has 2 N–H and O–H groups in total. The third-order valence-corrected chi connectivity index (χ3v) is 8.33. The first-order chi connectivity index (χ1) is 17.3. The maximum atomic E-state index is 14.3. The number of anilines is 1. The molecular weight excluding hydrogens is 477 g/mol. The molecule has 1 aliphatic carbocycles. The highest BCUT2D eigenvalue weighted by Gasteiger charge is 2.51. The number of phenolic OH excluding ortho intramolecular Hbond substituents is 1. The number of nitrogens with one attached hydrogen (secondary N) is 1. The summed E-state index contributed by atoms with van der Waals surface area (Å²) in [5.74, 6) is 0.524. The molecular formula is C26H30FN7OS. The number of rotatable bonds is 6. The molecule has 4 heterocycles. The molecule has 2 bridgehead atoms. The van der Waals surface area contributed by atoms with E-state index in [0.717, 1.165) is 24.9 Å². The van der Waals surface area contributed by atoms with E-state index in [1.165, 1.54) is 43.5 Å². The lowest BCUT2D eigenvalue weighted by Crippen LogP contribution is -2.59. The number of nitrogens with zero attached hydrogens (tertiary/aromatic N) is 6. The fourth-order valence-corrected chi connectivity index (χ4v) is 6.42. The van der Waals surface area contributed by atoms with Gasteiger partial charge >= 0.3 is 0 Å². The first-order valence-electron chi connectivity index (χ1n) is 12.4. The Morgan fingerprint density at radius 3 is 2.42 bits per heavy atom. The maximum absolute atomic E-state index is 14.3. The summed E-state index contributed by atoms with van der Waals surface area (Å²) in [6, 6.07) is 5.74. The Kier molecular flexibility index (Phi) is 5.64. The summed E-state index contributed by atoms with van der Waals surface area (Å²) in [6.07, 6.45) is 11.7. The zero-order chi connectivity index (χ0) is 25.1. The molecule has 0 amide bonds. The second kappa shape index (κ2) is 8.62. The highest BCUT2D eigenvalue weighted by atomic mass is 32.2. The van der Waals surface area contributed by atoms with Crippen molar-refractivity contribution in [3.63, 3.8) is 0 Å². The third-order valence-electron chi connectivity index (χ3n) is 7.77. The Balaban J connectivity index is 1.26. The number of benzene rings is 1. The van der Waals surface area contributed by atoms with Crippen LogP contribution in [0.1, 0.15) is 52.4 Å². The van der Waals surface area contributed by atoms with Gasteiger partial charge in [0.2, 0.25) is 0 Å². The van der Waals surface area contributed by atoms with E-state index < -0.39 is 5.82 Å². The van der Waals surface area contributed by atoms with Crippen LogP contribution in [0.25, 0.3) is 22.6 Å². The van der Waals surface area contributed by atoms with Gasteiger partial charge < -0.3 is 15.3 Å². The van der Waals surface area contributed by atoms with Gasteiger partial charge in [-0.3, -0.25) is 0 Å². The largest absolute Gasteiger partial charge is 0.507 e. The molecule has 2 saturated heterocycles. The van der Waals surface area contributed by atoms with Gasteiger partial charge in [-0.05, 0) is 70.8 Å². The summed E-state index contributed by atoms with van der Waals surface area (Å²) < 4.78 is 14.3. The van der Waals surface area contributed by atoms with Crippen LogP contribution in [0, 0.1) is 5.82 Å². The molecule has 0 radical (unpaired) electrons. The Morgan fingerprint density at radius 1 is 1.06 bits per heavy atom. The lowest BCUT2D eigenvalue weighted by Gasteiger charge is -2.46. The van der Waals surface area contributed by atoms with Crippen LogP contribution in [0.2, 0.25) is 0 Å². The van der Waals surface area contributed by atoms with Gasteiger partial charge in [-0.1, -0.05) is 17.8 Å². The van der Waals surface area contributed by atoms with Crippen molar-refractivity contribution in [1.82, 2.24) is 30.5 Å². The van der Waals surface area contributed by atoms with E-state index in [1.54, 1.807) is 18.3 Å². The first-order valence-corrected chi connectivity index (χ1v) is 13.7. The molecule has 6 rings (SSSR count). The van der Waals surface area contributed by atoms with Crippen molar-refractivity contribution in [2.45, 2.75) is 80.7 Å². The zero-order valence-corrected chi connectivity index (χ0v) is 21.5. The molecule has 0 spiro atoms. The number of aromatic nitrogens is 5. The van der Waals surface area contributed by atoms with E-state index in [0.29, 0.717) is 34.2 Å². The van der Waals surface area contributed by atoms with Crippen molar-refractivity contribution in [2.75, 3.05) is 11.2 Å². The fraction of sp³-hybridized carbons (Fsp3) is 0.500. The molecule has 3 fully saturated rings. The molecule has 1 saturated carbocycles. The molecule has 3 aliphatic rings. The number of phenols is 1. The summed E-state index contributed by atoms with van der Waals surface area (Å²) in [7, 11) is 0. The van der Waals surface area contributed by atoms with Crippen molar-refractivity contribution < 1.29 is 9.50 Å². The van der Waals surface area contributed by atoms with Crippen LogP contribution < -0.4 is 10.2 Å². The zero-order valence-electron chi connectivity index (χ0n) is 20.7. The van der Waals surface area contributed by atoms with E-state index in [9.17, 15) is 9.50 Å². The number of piperidine rings is 1. The predicted octanol–water partition coefficient (Wildman–Crippen LogP) is 4.59. The molecule has 2 aromatic heterocycles. The lowest BCUT2D eigenvalue weighted by molar-refractivity contribution is 0.203. The van der Waals surface area contributed by atoms with Crippen LogP contribution in [0.3, 0.4) is 0 Å². The van der Waals surface area contributed by atoms with E-state index in [1.807, 2.05) is 6.26 Å². The molecule has 0 unspecified atom stereocenters. The van der Waals surface area contributed by atoms with Gasteiger partial charge in [0.05, 0.1) is 18.0 Å². The van der Waals surface area contributed by atoms with E-state index in [-0.39, 0.29) is 22.5 Å². The smallest absolute Gasteiger partial charge is 0.187 e. The van der Waals surface area contributed by atoms with E-state index in [2.05, 4.69) is 49.2 Å². The lowest BCUT2D eigenvalue weighted by atomic mass is 9.84. The van der Waals surface area contributed by atoms with Gasteiger partial charge in [0.15, 0.2) is 22.6 Å². The Morgan fingerprint density at radius 2 is 1.81 bits per heavy atom. The summed E-state index contributed by atoms with van der Waals surface area (Å²) >= 11 is 1.33. The monoisotopic (exact) mass is 507 g/mol. The van der Waals surface area contributed by atoms with Crippen LogP contribution in [0.4, 0.5) is 10.2 Å². The molecule has 10 heteroatoms. The third kappa shape index (κ3) is 4.30. The van der Waals surface area contributed by atoms with Crippen molar-refractivity contribution in [3.8, 4) is 28.4 Å². The van der Waals surface area contributed by atoms with Crippen LogP contribution in [0.5, 0.6) is 5.75 Å². The van der Waals surface area contributed by atoms with Crippen molar-refractivity contribution >= 4 is 17.6 Å². The second-order valence-electron chi connectivity index (χ2n) is 10.9. The highest BCUT2D eigenvalue weighted by Crippen LogP contribution is 2.46. The number of hydrogen-bond donors (Lipinski definition) is 2. The van der Waals surface area contributed by atoms with Gasteiger partial charge in [0, 0.05) is 28.7 Å². The Bertz CT molecular complexity index is 1290. The van der Waals surface area contributed by atoms with Crippen molar-refractivity contribution in [3.05, 3.63) is 36.4 Å².